The molecule has 0 bridgehead atoms. The summed E-state index contributed by atoms with van der Waals surface area (Å²) in [7, 11) is 1.62. The largest absolute Gasteiger partial charge is 0.491 e. The molecule has 2 N–H and O–H groups in total. The lowest BCUT2D eigenvalue weighted by molar-refractivity contribution is 0.102. The summed E-state index contributed by atoms with van der Waals surface area (Å²) in [6.45, 7) is 4.60. The number of nitrogens with zero attached hydrogens (tertiary/aromatic N) is 1. The first-order valence-electron chi connectivity index (χ1n) is 6.66. The number of nitrogens with one attached hydrogen (secondary N) is 2. The van der Waals surface area contributed by atoms with Crippen molar-refractivity contribution in [2.75, 3.05) is 25.6 Å². The molecule has 6 nitrogen and oxygen atoms in total. The van der Waals surface area contributed by atoms with E-state index >= 15 is 0 Å². The van der Waals surface area contributed by atoms with Crippen LogP contribution in [-0.2, 0) is 4.74 Å². The molecule has 0 aliphatic heterocycles. The summed E-state index contributed by atoms with van der Waals surface area (Å²) in [5, 5.41) is 9.67. The Hall–Kier alpha value is -2.34. The lowest BCUT2D eigenvalue weighted by Gasteiger charge is -2.09. The Morgan fingerprint density at radius 1 is 1.33 bits per heavy atom. The Labute approximate surface area is 123 Å². The molecule has 6 heteroatoms. The SMILES string of the molecule is COCCOc1cccc(NC(=O)c2c(C)n[nH]c2C)c1. The van der Waals surface area contributed by atoms with Gasteiger partial charge in [-0.25, -0.2) is 0 Å². The summed E-state index contributed by atoms with van der Waals surface area (Å²) in [6, 6.07) is 7.25. The van der Waals surface area contributed by atoms with Crippen LogP contribution in [0.5, 0.6) is 5.75 Å². The standard InChI is InChI=1S/C15H19N3O3/c1-10-14(11(2)18-17-10)15(19)16-12-5-4-6-13(9-12)21-8-7-20-3/h4-6,9H,7-8H2,1-3H3,(H,16,19)(H,17,18). The summed E-state index contributed by atoms with van der Waals surface area (Å²) in [4.78, 5) is 12.3. The topological polar surface area (TPSA) is 76.2 Å². The average molecular weight is 289 g/mol. The minimum Gasteiger partial charge on any atom is -0.491 e. The van der Waals surface area contributed by atoms with Crippen LogP contribution >= 0.6 is 0 Å². The molecule has 2 rings (SSSR count). The number of amides is 1. The first-order chi connectivity index (χ1) is 10.1. The van der Waals surface area contributed by atoms with E-state index < -0.39 is 0 Å². The zero-order chi connectivity index (χ0) is 15.2. The van der Waals surface area contributed by atoms with Crippen molar-refractivity contribution in [2.45, 2.75) is 13.8 Å². The maximum absolute atomic E-state index is 12.3. The van der Waals surface area contributed by atoms with Gasteiger partial charge in [0.2, 0.25) is 0 Å². The second-order valence-electron chi connectivity index (χ2n) is 4.63. The van der Waals surface area contributed by atoms with Gasteiger partial charge in [0, 0.05) is 24.6 Å². The van der Waals surface area contributed by atoms with Crippen LogP contribution in [0.4, 0.5) is 5.69 Å². The average Bonchev–Trinajstić information content (AvgIpc) is 2.79. The molecule has 0 fully saturated rings. The molecule has 2 aromatic rings. The van der Waals surface area contributed by atoms with E-state index in [1.54, 1.807) is 20.1 Å². The van der Waals surface area contributed by atoms with Gasteiger partial charge in [0.15, 0.2) is 0 Å². The van der Waals surface area contributed by atoms with Gasteiger partial charge in [-0.3, -0.25) is 9.89 Å². The van der Waals surface area contributed by atoms with Gasteiger partial charge in [0.05, 0.1) is 17.9 Å². The number of H-pyrrole nitrogens is 1. The molecule has 0 aliphatic rings. The van der Waals surface area contributed by atoms with E-state index in [1.807, 2.05) is 25.1 Å². The van der Waals surface area contributed by atoms with Gasteiger partial charge < -0.3 is 14.8 Å². The number of aromatic amines is 1. The van der Waals surface area contributed by atoms with Crippen molar-refractivity contribution in [2.24, 2.45) is 0 Å². The summed E-state index contributed by atoms with van der Waals surface area (Å²) in [5.74, 6) is 0.498. The minimum atomic E-state index is -0.187. The Bertz CT molecular complexity index is 603. The van der Waals surface area contributed by atoms with Crippen molar-refractivity contribution in [3.8, 4) is 5.75 Å². The molecule has 0 saturated heterocycles. The number of benzene rings is 1. The van der Waals surface area contributed by atoms with E-state index in [0.29, 0.717) is 35.9 Å². The molecule has 0 saturated carbocycles. The van der Waals surface area contributed by atoms with E-state index in [2.05, 4.69) is 15.5 Å². The monoisotopic (exact) mass is 289 g/mol. The molecule has 1 aromatic heterocycles. The highest BCUT2D eigenvalue weighted by molar-refractivity contribution is 6.05. The van der Waals surface area contributed by atoms with Gasteiger partial charge in [-0.2, -0.15) is 5.10 Å². The summed E-state index contributed by atoms with van der Waals surface area (Å²) in [6.07, 6.45) is 0. The van der Waals surface area contributed by atoms with Crippen LogP contribution in [-0.4, -0.2) is 36.4 Å². The predicted molar refractivity (Wildman–Crippen MR) is 79.8 cm³/mol. The fourth-order valence-electron chi connectivity index (χ4n) is 1.99. The highest BCUT2D eigenvalue weighted by Crippen LogP contribution is 2.19. The van der Waals surface area contributed by atoms with Crippen molar-refractivity contribution in [3.63, 3.8) is 0 Å². The molecule has 0 radical (unpaired) electrons. The lowest BCUT2D eigenvalue weighted by Crippen LogP contribution is -2.13. The molecule has 1 aromatic carbocycles. The molecule has 0 spiro atoms. The van der Waals surface area contributed by atoms with Gasteiger partial charge >= 0.3 is 0 Å². The normalized spacial score (nSPS) is 10.4. The Morgan fingerprint density at radius 3 is 2.81 bits per heavy atom. The maximum Gasteiger partial charge on any atom is 0.259 e. The van der Waals surface area contributed by atoms with E-state index in [0.717, 1.165) is 5.69 Å². The maximum atomic E-state index is 12.3. The number of rotatable bonds is 6. The molecule has 112 valence electrons. The smallest absolute Gasteiger partial charge is 0.259 e. The zero-order valence-corrected chi connectivity index (χ0v) is 12.4. The minimum absolute atomic E-state index is 0.187. The number of hydrogen-bond acceptors (Lipinski definition) is 4. The van der Waals surface area contributed by atoms with Crippen LogP contribution in [0.25, 0.3) is 0 Å². The number of anilines is 1. The van der Waals surface area contributed by atoms with E-state index in [9.17, 15) is 4.79 Å². The van der Waals surface area contributed by atoms with Gasteiger partial charge in [-0.05, 0) is 26.0 Å². The van der Waals surface area contributed by atoms with Crippen molar-refractivity contribution in [1.29, 1.82) is 0 Å². The van der Waals surface area contributed by atoms with Crippen LogP contribution in [0.15, 0.2) is 24.3 Å². The molecule has 0 aliphatic carbocycles. The predicted octanol–water partition coefficient (Wildman–Crippen LogP) is 2.30. The number of methoxy groups -OCH3 is 1. The summed E-state index contributed by atoms with van der Waals surface area (Å²) in [5.41, 5.74) is 2.67. The molecule has 1 amide bonds. The Balaban J connectivity index is 2.06. The number of aromatic nitrogens is 2. The third-order valence-corrected chi connectivity index (χ3v) is 3.00. The fourth-order valence-corrected chi connectivity index (χ4v) is 1.99. The molecule has 1 heterocycles. The van der Waals surface area contributed by atoms with Crippen LogP contribution in [0, 0.1) is 13.8 Å². The number of carbonyl (C=O) groups excluding carboxylic acids is 1. The van der Waals surface area contributed by atoms with Crippen molar-refractivity contribution >= 4 is 11.6 Å². The van der Waals surface area contributed by atoms with Crippen molar-refractivity contribution < 1.29 is 14.3 Å². The van der Waals surface area contributed by atoms with Gasteiger partial charge in [-0.1, -0.05) is 6.07 Å². The second kappa shape index (κ2) is 6.90. The lowest BCUT2D eigenvalue weighted by atomic mass is 10.2. The number of carbonyl (C=O) groups is 1. The summed E-state index contributed by atoms with van der Waals surface area (Å²) >= 11 is 0. The number of aryl methyl sites for hydroxylation is 2. The van der Waals surface area contributed by atoms with E-state index in [-0.39, 0.29) is 5.91 Å². The molecular weight excluding hydrogens is 270 g/mol. The molecule has 21 heavy (non-hydrogen) atoms. The van der Waals surface area contributed by atoms with Crippen molar-refractivity contribution in [3.05, 3.63) is 41.2 Å². The highest BCUT2D eigenvalue weighted by atomic mass is 16.5. The van der Waals surface area contributed by atoms with E-state index in [1.165, 1.54) is 0 Å². The molecule has 0 unspecified atom stereocenters. The Kier molecular flexibility index (Phi) is 4.94. The zero-order valence-electron chi connectivity index (χ0n) is 12.4. The summed E-state index contributed by atoms with van der Waals surface area (Å²) < 4.78 is 10.4. The van der Waals surface area contributed by atoms with Gasteiger partial charge in [-0.15, -0.1) is 0 Å². The van der Waals surface area contributed by atoms with Crippen LogP contribution in [0.3, 0.4) is 0 Å². The molecule has 0 atom stereocenters. The fraction of sp³-hybridized carbons (Fsp3) is 0.333. The first kappa shape index (κ1) is 15.1. The third-order valence-electron chi connectivity index (χ3n) is 3.00. The van der Waals surface area contributed by atoms with Crippen LogP contribution in [0.2, 0.25) is 0 Å². The van der Waals surface area contributed by atoms with Gasteiger partial charge in [0.1, 0.15) is 12.4 Å². The van der Waals surface area contributed by atoms with Gasteiger partial charge in [0.25, 0.3) is 5.91 Å². The number of ether oxygens (including phenoxy) is 2. The number of hydrogen-bond donors (Lipinski definition) is 2. The Morgan fingerprint density at radius 2 is 2.14 bits per heavy atom. The molecular formula is C15H19N3O3. The van der Waals surface area contributed by atoms with Crippen molar-refractivity contribution in [1.82, 2.24) is 10.2 Å². The second-order valence-corrected chi connectivity index (χ2v) is 4.63. The quantitative estimate of drug-likeness (QED) is 0.800. The van der Waals surface area contributed by atoms with Crippen LogP contribution < -0.4 is 10.1 Å². The van der Waals surface area contributed by atoms with Crippen LogP contribution in [0.1, 0.15) is 21.7 Å². The first-order valence-corrected chi connectivity index (χ1v) is 6.66. The van der Waals surface area contributed by atoms with E-state index in [4.69, 9.17) is 9.47 Å². The highest BCUT2D eigenvalue weighted by Gasteiger charge is 2.15. The third kappa shape index (κ3) is 3.82.